The van der Waals surface area contributed by atoms with Gasteiger partial charge in [-0.2, -0.15) is 5.10 Å². The van der Waals surface area contributed by atoms with Crippen LogP contribution in [-0.4, -0.2) is 51.3 Å². The van der Waals surface area contributed by atoms with Crippen molar-refractivity contribution in [3.05, 3.63) is 82.3 Å². The van der Waals surface area contributed by atoms with Crippen LogP contribution in [0.1, 0.15) is 30.1 Å². The molecular formula is C24H26FN5O2. The summed E-state index contributed by atoms with van der Waals surface area (Å²) in [6.07, 6.45) is 1.49. The van der Waals surface area contributed by atoms with Gasteiger partial charge in [-0.15, -0.1) is 0 Å². The molecule has 2 aliphatic rings. The maximum atomic E-state index is 13.4. The van der Waals surface area contributed by atoms with Gasteiger partial charge in [0, 0.05) is 38.4 Å². The predicted molar refractivity (Wildman–Crippen MR) is 119 cm³/mol. The molecule has 0 aliphatic carbocycles. The summed E-state index contributed by atoms with van der Waals surface area (Å²) in [6.45, 7) is 3.59. The molecule has 32 heavy (non-hydrogen) atoms. The van der Waals surface area contributed by atoms with Crippen LogP contribution < -0.4 is 10.6 Å². The molecule has 0 spiro atoms. The lowest BCUT2D eigenvalue weighted by Crippen LogP contribution is -2.50. The lowest BCUT2D eigenvalue weighted by molar-refractivity contribution is -0.133. The summed E-state index contributed by atoms with van der Waals surface area (Å²) in [7, 11) is 0. The van der Waals surface area contributed by atoms with E-state index >= 15 is 0 Å². The number of fused-ring (bicyclic) bond motifs is 1. The number of aromatic nitrogens is 3. The highest BCUT2D eigenvalue weighted by Crippen LogP contribution is 2.27. The number of anilines is 1. The first-order valence-electron chi connectivity index (χ1n) is 11.1. The number of hydrogen-bond acceptors (Lipinski definition) is 4. The van der Waals surface area contributed by atoms with Crippen molar-refractivity contribution in [3.63, 3.8) is 0 Å². The summed E-state index contributed by atoms with van der Waals surface area (Å²) in [6, 6.07) is 16.2. The van der Waals surface area contributed by atoms with Crippen LogP contribution in [0, 0.1) is 5.82 Å². The maximum Gasteiger partial charge on any atom is 0.346 e. The van der Waals surface area contributed by atoms with Gasteiger partial charge in [0.1, 0.15) is 11.6 Å². The molecule has 1 atom stereocenters. The minimum atomic E-state index is -0.383. The van der Waals surface area contributed by atoms with Crippen LogP contribution in [-0.2, 0) is 17.9 Å². The van der Waals surface area contributed by atoms with Crippen molar-refractivity contribution in [3.8, 4) is 0 Å². The lowest BCUT2D eigenvalue weighted by atomic mass is 9.97. The number of piperazine rings is 1. The van der Waals surface area contributed by atoms with Crippen LogP contribution in [0.3, 0.4) is 0 Å². The Hall–Kier alpha value is -3.42. The van der Waals surface area contributed by atoms with Crippen LogP contribution in [0.4, 0.5) is 10.1 Å². The van der Waals surface area contributed by atoms with E-state index in [0.29, 0.717) is 51.5 Å². The second kappa shape index (κ2) is 8.61. The van der Waals surface area contributed by atoms with Crippen LogP contribution >= 0.6 is 0 Å². The largest absolute Gasteiger partial charge is 0.368 e. The SMILES string of the molecule is O=C(C1CCCn2c1nn(Cc1ccccc1)c2=O)N1CCN(c2ccc(F)cc2)CC1. The van der Waals surface area contributed by atoms with Gasteiger partial charge in [0.15, 0.2) is 0 Å². The highest BCUT2D eigenvalue weighted by atomic mass is 19.1. The average Bonchev–Trinajstić information content (AvgIpc) is 3.15. The molecule has 8 heteroatoms. The highest BCUT2D eigenvalue weighted by Gasteiger charge is 2.35. The third-order valence-corrected chi connectivity index (χ3v) is 6.39. The standard InChI is InChI=1S/C24H26FN5O2/c25-19-8-10-20(11-9-19)27-13-15-28(16-14-27)23(31)21-7-4-12-29-22(21)26-30(24(29)32)17-18-5-2-1-3-6-18/h1-3,5-6,8-11,21H,4,7,12-17H2. The molecule has 7 nitrogen and oxygen atoms in total. The number of hydrogen-bond donors (Lipinski definition) is 0. The van der Waals surface area contributed by atoms with E-state index in [1.54, 1.807) is 16.7 Å². The molecule has 1 fully saturated rings. The van der Waals surface area contributed by atoms with Gasteiger partial charge in [-0.05, 0) is 42.7 Å². The molecule has 0 saturated carbocycles. The molecule has 3 aromatic rings. The predicted octanol–water partition coefficient (Wildman–Crippen LogP) is 2.46. The van der Waals surface area contributed by atoms with Crippen molar-refractivity contribution in [1.82, 2.24) is 19.2 Å². The van der Waals surface area contributed by atoms with Crippen LogP contribution in [0.2, 0.25) is 0 Å². The number of nitrogens with zero attached hydrogens (tertiary/aromatic N) is 5. The maximum absolute atomic E-state index is 13.4. The van der Waals surface area contributed by atoms with E-state index in [4.69, 9.17) is 0 Å². The van der Waals surface area contributed by atoms with Gasteiger partial charge in [0.25, 0.3) is 0 Å². The molecule has 1 aromatic heterocycles. The van der Waals surface area contributed by atoms with Crippen LogP contribution in [0.5, 0.6) is 0 Å². The topological polar surface area (TPSA) is 63.4 Å². The second-order valence-corrected chi connectivity index (χ2v) is 8.42. The summed E-state index contributed by atoms with van der Waals surface area (Å²) in [5.74, 6) is -0.00633. The number of amides is 1. The third kappa shape index (κ3) is 3.92. The smallest absolute Gasteiger partial charge is 0.346 e. The van der Waals surface area contributed by atoms with E-state index in [9.17, 15) is 14.0 Å². The third-order valence-electron chi connectivity index (χ3n) is 6.39. The van der Waals surface area contributed by atoms with Crippen molar-refractivity contribution in [2.24, 2.45) is 0 Å². The van der Waals surface area contributed by atoms with E-state index in [1.807, 2.05) is 35.2 Å². The monoisotopic (exact) mass is 435 g/mol. The molecule has 1 unspecified atom stereocenters. The molecule has 5 rings (SSSR count). The summed E-state index contributed by atoms with van der Waals surface area (Å²) in [5.41, 5.74) is 1.82. The zero-order valence-corrected chi connectivity index (χ0v) is 17.9. The van der Waals surface area contributed by atoms with Gasteiger partial charge in [-0.3, -0.25) is 9.36 Å². The fraction of sp³-hybridized carbons (Fsp3) is 0.375. The van der Waals surface area contributed by atoms with E-state index in [1.165, 1.54) is 16.8 Å². The number of halogens is 1. The van der Waals surface area contributed by atoms with E-state index in [0.717, 1.165) is 17.7 Å². The van der Waals surface area contributed by atoms with Crippen LogP contribution in [0.15, 0.2) is 59.4 Å². The summed E-state index contributed by atoms with van der Waals surface area (Å²) >= 11 is 0. The van der Waals surface area contributed by atoms with Gasteiger partial charge in [0.2, 0.25) is 5.91 Å². The summed E-state index contributed by atoms with van der Waals surface area (Å²) in [5, 5.41) is 4.59. The van der Waals surface area contributed by atoms with Gasteiger partial charge in [0.05, 0.1) is 12.5 Å². The Labute approximate surface area is 185 Å². The summed E-state index contributed by atoms with van der Waals surface area (Å²) < 4.78 is 16.3. The van der Waals surface area contributed by atoms with Gasteiger partial charge < -0.3 is 9.80 Å². The van der Waals surface area contributed by atoms with Gasteiger partial charge in [-0.25, -0.2) is 13.9 Å². The fourth-order valence-corrected chi connectivity index (χ4v) is 4.66. The molecule has 1 saturated heterocycles. The molecule has 2 aliphatic heterocycles. The number of carbonyl (C=O) groups excluding carboxylic acids is 1. The van der Waals surface area contributed by atoms with E-state index in [-0.39, 0.29) is 23.3 Å². The fourth-order valence-electron chi connectivity index (χ4n) is 4.66. The molecular weight excluding hydrogens is 409 g/mol. The Morgan fingerprint density at radius 1 is 0.969 bits per heavy atom. The van der Waals surface area contributed by atoms with Crippen molar-refractivity contribution in [2.75, 3.05) is 31.1 Å². The molecule has 166 valence electrons. The Morgan fingerprint density at radius 3 is 2.41 bits per heavy atom. The zero-order valence-electron chi connectivity index (χ0n) is 17.9. The lowest BCUT2D eigenvalue weighted by Gasteiger charge is -2.38. The Bertz CT molecular complexity index is 1150. The van der Waals surface area contributed by atoms with Crippen molar-refractivity contribution >= 4 is 11.6 Å². The normalized spacial score (nSPS) is 18.5. The highest BCUT2D eigenvalue weighted by molar-refractivity contribution is 5.83. The molecule has 3 heterocycles. The van der Waals surface area contributed by atoms with Crippen molar-refractivity contribution in [1.29, 1.82) is 0 Å². The molecule has 0 N–H and O–H groups in total. The number of carbonyl (C=O) groups is 1. The Kier molecular flexibility index (Phi) is 5.51. The minimum Gasteiger partial charge on any atom is -0.368 e. The van der Waals surface area contributed by atoms with Gasteiger partial charge in [-0.1, -0.05) is 30.3 Å². The van der Waals surface area contributed by atoms with Gasteiger partial charge >= 0.3 is 5.69 Å². The molecule has 2 aromatic carbocycles. The van der Waals surface area contributed by atoms with Crippen LogP contribution in [0.25, 0.3) is 0 Å². The number of benzene rings is 2. The van der Waals surface area contributed by atoms with E-state index < -0.39 is 0 Å². The first-order chi connectivity index (χ1) is 15.6. The molecule has 0 radical (unpaired) electrons. The summed E-state index contributed by atoms with van der Waals surface area (Å²) in [4.78, 5) is 30.3. The van der Waals surface area contributed by atoms with Crippen molar-refractivity contribution in [2.45, 2.75) is 31.8 Å². The molecule has 0 bridgehead atoms. The Morgan fingerprint density at radius 2 is 1.69 bits per heavy atom. The zero-order chi connectivity index (χ0) is 22.1. The number of rotatable bonds is 4. The Balaban J connectivity index is 1.30. The first-order valence-corrected chi connectivity index (χ1v) is 11.1. The van der Waals surface area contributed by atoms with Crippen molar-refractivity contribution < 1.29 is 9.18 Å². The van der Waals surface area contributed by atoms with E-state index in [2.05, 4.69) is 10.00 Å². The minimum absolute atomic E-state index is 0.0431. The second-order valence-electron chi connectivity index (χ2n) is 8.42. The first kappa shape index (κ1) is 20.5. The molecule has 1 amide bonds. The quantitative estimate of drug-likeness (QED) is 0.632. The average molecular weight is 436 g/mol.